The lowest BCUT2D eigenvalue weighted by Gasteiger charge is -2.34. The fourth-order valence-electron chi connectivity index (χ4n) is 2.52. The van der Waals surface area contributed by atoms with Crippen molar-refractivity contribution in [2.45, 2.75) is 58.5 Å². The minimum atomic E-state index is -0.855. The average molecular weight is 288 g/mol. The first-order valence-electron chi connectivity index (χ1n) is 7.66. The maximum Gasteiger partial charge on any atom is 0.323 e. The predicted molar refractivity (Wildman–Crippen MR) is 82.2 cm³/mol. The zero-order valence-electron chi connectivity index (χ0n) is 13.7. The smallest absolute Gasteiger partial charge is 0.323 e. The quantitative estimate of drug-likeness (QED) is 0.575. The minimum absolute atomic E-state index is 0.491. The molecule has 0 aromatic rings. The Hall–Kier alpha value is -0.650. The van der Waals surface area contributed by atoms with Crippen LogP contribution in [0.25, 0.3) is 0 Å². The normalized spacial score (nSPS) is 14.8. The molecule has 0 aliphatic rings. The van der Waals surface area contributed by atoms with E-state index in [1.807, 2.05) is 6.92 Å². The Kier molecular flexibility index (Phi) is 9.80. The van der Waals surface area contributed by atoms with Crippen LogP contribution in [0, 0.1) is 0 Å². The molecule has 0 heterocycles. The molecule has 0 aromatic heterocycles. The molecule has 0 aliphatic heterocycles. The third-order valence-electron chi connectivity index (χ3n) is 3.98. The number of carbonyl (C=O) groups is 1. The predicted octanol–water partition coefficient (Wildman–Crippen LogP) is 1.97. The van der Waals surface area contributed by atoms with E-state index in [2.05, 4.69) is 24.1 Å². The van der Waals surface area contributed by atoms with Crippen LogP contribution >= 0.6 is 0 Å². The van der Waals surface area contributed by atoms with E-state index in [1.54, 1.807) is 14.0 Å². The average Bonchev–Trinajstić information content (AvgIpc) is 2.42. The highest BCUT2D eigenvalue weighted by Crippen LogP contribution is 2.15. The molecule has 0 saturated carbocycles. The largest absolute Gasteiger partial charge is 0.480 e. The van der Waals surface area contributed by atoms with Gasteiger partial charge in [0.25, 0.3) is 0 Å². The second-order valence-electron chi connectivity index (χ2n) is 5.42. The topological polar surface area (TPSA) is 61.8 Å². The number of likely N-dealkylation sites (N-methyl/N-ethyl adjacent to an activating group) is 1. The summed E-state index contributed by atoms with van der Waals surface area (Å²) in [5, 5.41) is 12.5. The van der Waals surface area contributed by atoms with Gasteiger partial charge in [-0.3, -0.25) is 9.69 Å². The van der Waals surface area contributed by atoms with Crippen molar-refractivity contribution in [3.05, 3.63) is 0 Å². The van der Waals surface area contributed by atoms with E-state index in [0.717, 1.165) is 25.9 Å². The summed E-state index contributed by atoms with van der Waals surface area (Å²) in [5.41, 5.74) is -0.855. The van der Waals surface area contributed by atoms with Crippen LogP contribution in [0.1, 0.15) is 47.0 Å². The van der Waals surface area contributed by atoms with Crippen LogP contribution in [-0.2, 0) is 9.53 Å². The first kappa shape index (κ1) is 19.4. The highest BCUT2D eigenvalue weighted by molar-refractivity contribution is 5.78. The monoisotopic (exact) mass is 288 g/mol. The summed E-state index contributed by atoms with van der Waals surface area (Å²) >= 11 is 0. The number of carboxylic acids is 1. The van der Waals surface area contributed by atoms with E-state index in [1.165, 1.54) is 0 Å². The number of methoxy groups -OCH3 is 1. The van der Waals surface area contributed by atoms with Gasteiger partial charge in [0.2, 0.25) is 0 Å². The lowest BCUT2D eigenvalue weighted by Crippen LogP contribution is -2.52. The summed E-state index contributed by atoms with van der Waals surface area (Å²) < 4.78 is 5.16. The van der Waals surface area contributed by atoms with Gasteiger partial charge in [0.05, 0.1) is 6.61 Å². The lowest BCUT2D eigenvalue weighted by molar-refractivity contribution is -0.144. The Morgan fingerprint density at radius 2 is 1.90 bits per heavy atom. The van der Waals surface area contributed by atoms with Crippen molar-refractivity contribution in [3.63, 3.8) is 0 Å². The summed E-state index contributed by atoms with van der Waals surface area (Å²) in [5.74, 6) is -0.782. The molecule has 2 N–H and O–H groups in total. The Bertz CT molecular complexity index is 270. The molecule has 0 fully saturated rings. The van der Waals surface area contributed by atoms with Crippen LogP contribution < -0.4 is 5.32 Å². The van der Waals surface area contributed by atoms with E-state index in [9.17, 15) is 9.90 Å². The van der Waals surface area contributed by atoms with Crippen LogP contribution in [0.5, 0.6) is 0 Å². The van der Waals surface area contributed by atoms with Crippen molar-refractivity contribution in [2.24, 2.45) is 0 Å². The zero-order chi connectivity index (χ0) is 15.6. The Balaban J connectivity index is 4.66. The van der Waals surface area contributed by atoms with Crippen LogP contribution in [0.15, 0.2) is 0 Å². The van der Waals surface area contributed by atoms with Gasteiger partial charge in [-0.15, -0.1) is 0 Å². The van der Waals surface area contributed by atoms with Crippen molar-refractivity contribution >= 4 is 5.97 Å². The number of carboxylic acid groups (broad SMARTS) is 1. The van der Waals surface area contributed by atoms with Crippen LogP contribution in [0.3, 0.4) is 0 Å². The summed E-state index contributed by atoms with van der Waals surface area (Å²) in [4.78, 5) is 13.8. The van der Waals surface area contributed by atoms with E-state index >= 15 is 0 Å². The molecule has 20 heavy (non-hydrogen) atoms. The molecule has 0 bridgehead atoms. The molecule has 5 nitrogen and oxygen atoms in total. The number of ether oxygens (including phenoxy) is 1. The molecule has 1 unspecified atom stereocenters. The van der Waals surface area contributed by atoms with Crippen LogP contribution in [0.4, 0.5) is 0 Å². The number of aliphatic carboxylic acids is 1. The minimum Gasteiger partial charge on any atom is -0.480 e. The van der Waals surface area contributed by atoms with Gasteiger partial charge < -0.3 is 15.2 Å². The fourth-order valence-corrected chi connectivity index (χ4v) is 2.52. The van der Waals surface area contributed by atoms with Gasteiger partial charge in [-0.05, 0) is 32.7 Å². The van der Waals surface area contributed by atoms with Gasteiger partial charge in [0.15, 0.2) is 0 Å². The SMILES string of the molecule is CCNC(C)(CCN(CCOC)C(CC)CC)C(=O)O. The molecular formula is C15H32N2O3. The maximum absolute atomic E-state index is 11.4. The van der Waals surface area contributed by atoms with Gasteiger partial charge in [0.1, 0.15) is 5.54 Å². The second-order valence-corrected chi connectivity index (χ2v) is 5.42. The molecule has 5 heteroatoms. The van der Waals surface area contributed by atoms with Gasteiger partial charge in [-0.2, -0.15) is 0 Å². The molecule has 0 spiro atoms. The van der Waals surface area contributed by atoms with Gasteiger partial charge in [-0.25, -0.2) is 0 Å². The molecule has 1 atom stereocenters. The summed E-state index contributed by atoms with van der Waals surface area (Å²) in [7, 11) is 1.70. The van der Waals surface area contributed by atoms with E-state index in [0.29, 0.717) is 25.6 Å². The van der Waals surface area contributed by atoms with Crippen molar-refractivity contribution in [2.75, 3.05) is 33.4 Å². The first-order valence-corrected chi connectivity index (χ1v) is 7.66. The molecule has 0 rings (SSSR count). The number of hydrogen-bond acceptors (Lipinski definition) is 4. The van der Waals surface area contributed by atoms with Crippen molar-refractivity contribution in [3.8, 4) is 0 Å². The Morgan fingerprint density at radius 1 is 1.30 bits per heavy atom. The number of nitrogens with one attached hydrogen (secondary N) is 1. The lowest BCUT2D eigenvalue weighted by atomic mass is 9.96. The highest BCUT2D eigenvalue weighted by Gasteiger charge is 2.32. The molecule has 120 valence electrons. The third kappa shape index (κ3) is 6.20. The maximum atomic E-state index is 11.4. The van der Waals surface area contributed by atoms with E-state index in [-0.39, 0.29) is 0 Å². The second kappa shape index (κ2) is 10.1. The van der Waals surface area contributed by atoms with Crippen LogP contribution in [-0.4, -0.2) is 60.9 Å². The van der Waals surface area contributed by atoms with Crippen LogP contribution in [0.2, 0.25) is 0 Å². The van der Waals surface area contributed by atoms with Crippen molar-refractivity contribution in [1.82, 2.24) is 10.2 Å². The van der Waals surface area contributed by atoms with Crippen molar-refractivity contribution in [1.29, 1.82) is 0 Å². The van der Waals surface area contributed by atoms with Gasteiger partial charge in [-0.1, -0.05) is 20.8 Å². The molecular weight excluding hydrogens is 256 g/mol. The highest BCUT2D eigenvalue weighted by atomic mass is 16.5. The van der Waals surface area contributed by atoms with E-state index in [4.69, 9.17) is 4.74 Å². The molecule has 0 aliphatic carbocycles. The molecule has 0 saturated heterocycles. The van der Waals surface area contributed by atoms with E-state index < -0.39 is 11.5 Å². The summed E-state index contributed by atoms with van der Waals surface area (Å²) in [6.45, 7) is 11.0. The first-order chi connectivity index (χ1) is 9.45. The third-order valence-corrected chi connectivity index (χ3v) is 3.98. The standard InChI is InChI=1S/C15H32N2O3/c1-6-13(7-2)17(11-12-20-5)10-9-15(4,14(18)19)16-8-3/h13,16H,6-12H2,1-5H3,(H,18,19). The Labute approximate surface area is 123 Å². The zero-order valence-corrected chi connectivity index (χ0v) is 13.7. The van der Waals surface area contributed by atoms with Gasteiger partial charge >= 0.3 is 5.97 Å². The van der Waals surface area contributed by atoms with Crippen molar-refractivity contribution < 1.29 is 14.6 Å². The molecule has 0 amide bonds. The molecule has 0 aromatic carbocycles. The number of rotatable bonds is 12. The van der Waals surface area contributed by atoms with Gasteiger partial charge in [0, 0.05) is 26.2 Å². The molecule has 0 radical (unpaired) electrons. The number of hydrogen-bond donors (Lipinski definition) is 2. The fraction of sp³-hybridized carbons (Fsp3) is 0.933. The summed E-state index contributed by atoms with van der Waals surface area (Å²) in [6, 6.07) is 0.491. The number of nitrogens with zero attached hydrogens (tertiary/aromatic N) is 1. The Morgan fingerprint density at radius 3 is 2.30 bits per heavy atom. The summed E-state index contributed by atoms with van der Waals surface area (Å²) in [6.07, 6.45) is 2.74.